The number of carbonyl (C=O) groups excluding carboxylic acids is 2. The minimum atomic E-state index is -0.352. The molecule has 1 aromatic heterocycles. The molecular formula is C33H34FN5O4. The number of anilines is 1. The fraction of sp³-hybridized carbons (Fsp3) is 0.273. The van der Waals surface area contributed by atoms with Gasteiger partial charge in [0.25, 0.3) is 5.91 Å². The molecular weight excluding hydrogens is 549 g/mol. The first-order valence-electron chi connectivity index (χ1n) is 14.1. The SMILES string of the molecule is COc1ccc(-c2ccc(N3CCCN(C(=O)CN(Cc4ccc(F)cc4)C(=O)c4ccccc4)CC3)nn2)cc1OC. The lowest BCUT2D eigenvalue weighted by Crippen LogP contribution is -2.44. The zero-order valence-corrected chi connectivity index (χ0v) is 24.3. The first kappa shape index (κ1) is 29.5. The van der Waals surface area contributed by atoms with E-state index in [-0.39, 0.29) is 30.7 Å². The number of halogens is 1. The van der Waals surface area contributed by atoms with Crippen LogP contribution in [0, 0.1) is 5.82 Å². The highest BCUT2D eigenvalue weighted by Crippen LogP contribution is 2.31. The van der Waals surface area contributed by atoms with Crippen LogP contribution >= 0.6 is 0 Å². The largest absolute Gasteiger partial charge is 0.493 e. The number of benzene rings is 3. The number of nitrogens with zero attached hydrogens (tertiary/aromatic N) is 5. The predicted molar refractivity (Wildman–Crippen MR) is 162 cm³/mol. The molecule has 0 N–H and O–H groups in total. The summed E-state index contributed by atoms with van der Waals surface area (Å²) in [5.41, 5.74) is 2.81. The van der Waals surface area contributed by atoms with Crippen LogP contribution in [-0.4, -0.2) is 78.8 Å². The Bertz CT molecular complexity index is 1530. The van der Waals surface area contributed by atoms with E-state index < -0.39 is 0 Å². The average molecular weight is 584 g/mol. The lowest BCUT2D eigenvalue weighted by atomic mass is 10.1. The normalized spacial score (nSPS) is 13.3. The van der Waals surface area contributed by atoms with Gasteiger partial charge in [0.2, 0.25) is 5.91 Å². The highest BCUT2D eigenvalue weighted by Gasteiger charge is 2.25. The summed E-state index contributed by atoms with van der Waals surface area (Å²) < 4.78 is 24.2. The molecule has 0 radical (unpaired) electrons. The summed E-state index contributed by atoms with van der Waals surface area (Å²) >= 11 is 0. The van der Waals surface area contributed by atoms with Crippen molar-refractivity contribution in [3.63, 3.8) is 0 Å². The standard InChI is InChI=1S/C33H34FN5O4/c1-42-29-15-11-26(21-30(29)43-2)28-14-16-31(36-35-28)37-17-6-18-38(20-19-37)32(40)23-39(22-24-9-12-27(34)13-10-24)33(41)25-7-4-3-5-8-25/h3-5,7-16,21H,6,17-20,22-23H2,1-2H3. The maximum Gasteiger partial charge on any atom is 0.254 e. The Labute approximate surface area is 250 Å². The number of methoxy groups -OCH3 is 2. The third-order valence-corrected chi connectivity index (χ3v) is 7.42. The molecule has 1 saturated heterocycles. The van der Waals surface area contributed by atoms with Gasteiger partial charge in [-0.05, 0) is 66.6 Å². The minimum Gasteiger partial charge on any atom is -0.493 e. The minimum absolute atomic E-state index is 0.0784. The molecule has 4 aromatic rings. The van der Waals surface area contributed by atoms with Crippen molar-refractivity contribution in [2.24, 2.45) is 0 Å². The lowest BCUT2D eigenvalue weighted by Gasteiger charge is -2.27. The molecule has 2 heterocycles. The first-order chi connectivity index (χ1) is 20.9. The number of amides is 2. The van der Waals surface area contributed by atoms with Crippen LogP contribution in [0.4, 0.5) is 10.2 Å². The number of hydrogen-bond acceptors (Lipinski definition) is 7. The lowest BCUT2D eigenvalue weighted by molar-refractivity contribution is -0.131. The molecule has 0 unspecified atom stereocenters. The number of aromatic nitrogens is 2. The molecule has 0 aliphatic carbocycles. The maximum absolute atomic E-state index is 13.5. The summed E-state index contributed by atoms with van der Waals surface area (Å²) in [6.45, 7) is 2.47. The Balaban J connectivity index is 1.24. The van der Waals surface area contributed by atoms with Crippen molar-refractivity contribution in [1.29, 1.82) is 0 Å². The van der Waals surface area contributed by atoms with E-state index in [0.717, 1.165) is 29.9 Å². The molecule has 0 spiro atoms. The number of carbonyl (C=O) groups is 2. The second-order valence-electron chi connectivity index (χ2n) is 10.2. The quantitative estimate of drug-likeness (QED) is 0.283. The van der Waals surface area contributed by atoms with Gasteiger partial charge in [0, 0.05) is 43.9 Å². The van der Waals surface area contributed by atoms with E-state index in [9.17, 15) is 14.0 Å². The molecule has 0 atom stereocenters. The summed E-state index contributed by atoms with van der Waals surface area (Å²) in [6.07, 6.45) is 0.745. The van der Waals surface area contributed by atoms with Crippen LogP contribution in [-0.2, 0) is 11.3 Å². The molecule has 1 fully saturated rings. The molecule has 3 aromatic carbocycles. The van der Waals surface area contributed by atoms with Crippen LogP contribution in [0.15, 0.2) is 84.9 Å². The Hall–Kier alpha value is -4.99. The monoisotopic (exact) mass is 583 g/mol. The van der Waals surface area contributed by atoms with Crippen LogP contribution in [0.1, 0.15) is 22.3 Å². The van der Waals surface area contributed by atoms with Crippen LogP contribution in [0.25, 0.3) is 11.3 Å². The Kier molecular flexibility index (Phi) is 9.46. The second-order valence-corrected chi connectivity index (χ2v) is 10.2. The molecule has 43 heavy (non-hydrogen) atoms. The molecule has 1 aliphatic rings. The molecule has 5 rings (SSSR count). The Morgan fingerprint density at radius 2 is 1.60 bits per heavy atom. The molecule has 0 saturated carbocycles. The van der Waals surface area contributed by atoms with Gasteiger partial charge in [-0.2, -0.15) is 0 Å². The zero-order chi connectivity index (χ0) is 30.2. The summed E-state index contributed by atoms with van der Waals surface area (Å²) in [5.74, 6) is 1.25. The molecule has 9 nitrogen and oxygen atoms in total. The van der Waals surface area contributed by atoms with Crippen LogP contribution in [0.3, 0.4) is 0 Å². The van der Waals surface area contributed by atoms with Crippen molar-refractivity contribution in [3.05, 3.63) is 102 Å². The van der Waals surface area contributed by atoms with Gasteiger partial charge in [0.1, 0.15) is 12.4 Å². The number of ether oxygens (including phenoxy) is 2. The summed E-state index contributed by atoms with van der Waals surface area (Å²) in [7, 11) is 3.18. The smallest absolute Gasteiger partial charge is 0.254 e. The van der Waals surface area contributed by atoms with Gasteiger partial charge in [-0.1, -0.05) is 30.3 Å². The molecule has 2 amide bonds. The van der Waals surface area contributed by atoms with Crippen molar-refractivity contribution in [1.82, 2.24) is 20.0 Å². The van der Waals surface area contributed by atoms with Crippen molar-refractivity contribution in [2.45, 2.75) is 13.0 Å². The van der Waals surface area contributed by atoms with Crippen molar-refractivity contribution in [2.75, 3.05) is 51.8 Å². The van der Waals surface area contributed by atoms with E-state index >= 15 is 0 Å². The number of hydrogen-bond donors (Lipinski definition) is 0. The third kappa shape index (κ3) is 7.27. The van der Waals surface area contributed by atoms with Gasteiger partial charge in [-0.15, -0.1) is 10.2 Å². The predicted octanol–water partition coefficient (Wildman–Crippen LogP) is 4.68. The zero-order valence-electron chi connectivity index (χ0n) is 24.3. The van der Waals surface area contributed by atoms with Gasteiger partial charge in [-0.25, -0.2) is 4.39 Å². The van der Waals surface area contributed by atoms with Gasteiger partial charge in [-0.3, -0.25) is 9.59 Å². The Morgan fingerprint density at radius 3 is 2.30 bits per heavy atom. The van der Waals surface area contributed by atoms with Crippen LogP contribution in [0.2, 0.25) is 0 Å². The topological polar surface area (TPSA) is 88.1 Å². The molecule has 1 aliphatic heterocycles. The van der Waals surface area contributed by atoms with Crippen molar-refractivity contribution in [3.8, 4) is 22.8 Å². The first-order valence-corrected chi connectivity index (χ1v) is 14.1. The highest BCUT2D eigenvalue weighted by molar-refractivity contribution is 5.96. The Morgan fingerprint density at radius 1 is 0.837 bits per heavy atom. The maximum atomic E-state index is 13.5. The molecule has 10 heteroatoms. The molecule has 222 valence electrons. The van der Waals surface area contributed by atoms with E-state index in [0.29, 0.717) is 42.4 Å². The fourth-order valence-corrected chi connectivity index (χ4v) is 5.08. The van der Waals surface area contributed by atoms with Crippen LogP contribution < -0.4 is 14.4 Å². The van der Waals surface area contributed by atoms with E-state index in [2.05, 4.69) is 15.1 Å². The third-order valence-electron chi connectivity index (χ3n) is 7.42. The van der Waals surface area contributed by atoms with Gasteiger partial charge in [0.15, 0.2) is 17.3 Å². The summed E-state index contributed by atoms with van der Waals surface area (Å²) in [4.78, 5) is 32.3. The van der Waals surface area contributed by atoms with Crippen molar-refractivity contribution >= 4 is 17.6 Å². The summed E-state index contributed by atoms with van der Waals surface area (Å²) in [6, 6.07) is 24.3. The van der Waals surface area contributed by atoms with E-state index in [1.807, 2.05) is 36.4 Å². The van der Waals surface area contributed by atoms with Gasteiger partial charge in [0.05, 0.1) is 19.9 Å². The van der Waals surface area contributed by atoms with E-state index in [1.54, 1.807) is 55.5 Å². The fourth-order valence-electron chi connectivity index (χ4n) is 5.08. The van der Waals surface area contributed by atoms with Crippen molar-refractivity contribution < 1.29 is 23.5 Å². The average Bonchev–Trinajstić information content (AvgIpc) is 3.32. The van der Waals surface area contributed by atoms with E-state index in [1.165, 1.54) is 17.0 Å². The summed E-state index contributed by atoms with van der Waals surface area (Å²) in [5, 5.41) is 8.90. The van der Waals surface area contributed by atoms with Gasteiger partial charge >= 0.3 is 0 Å². The van der Waals surface area contributed by atoms with Crippen LogP contribution in [0.5, 0.6) is 11.5 Å². The number of rotatable bonds is 9. The van der Waals surface area contributed by atoms with Gasteiger partial charge < -0.3 is 24.2 Å². The highest BCUT2D eigenvalue weighted by atomic mass is 19.1. The van der Waals surface area contributed by atoms with E-state index in [4.69, 9.17) is 9.47 Å². The molecule has 0 bridgehead atoms. The second kappa shape index (κ2) is 13.8.